The summed E-state index contributed by atoms with van der Waals surface area (Å²) in [4.78, 5) is 4.31. The lowest BCUT2D eigenvalue weighted by atomic mass is 10.1. The quantitative estimate of drug-likeness (QED) is 0.534. The van der Waals surface area contributed by atoms with E-state index in [1.54, 1.807) is 7.05 Å². The molecule has 2 rings (SSSR count). The highest BCUT2D eigenvalue weighted by molar-refractivity contribution is 5.79. The van der Waals surface area contributed by atoms with Crippen LogP contribution in [0.4, 0.5) is 0 Å². The second-order valence-corrected chi connectivity index (χ2v) is 5.73. The van der Waals surface area contributed by atoms with Crippen molar-refractivity contribution in [3.05, 3.63) is 65.2 Å². The molecule has 0 radical (unpaired) electrons. The number of guanidine groups is 1. The Balaban J connectivity index is 1.93. The predicted octanol–water partition coefficient (Wildman–Crippen LogP) is 3.49. The number of hydrogen-bond donors (Lipinski definition) is 2. The lowest BCUT2D eigenvalue weighted by Gasteiger charge is -2.15. The van der Waals surface area contributed by atoms with Crippen LogP contribution in [0, 0.1) is 0 Å². The van der Waals surface area contributed by atoms with Crippen molar-refractivity contribution in [2.24, 2.45) is 4.99 Å². The van der Waals surface area contributed by atoms with Gasteiger partial charge in [-0.1, -0.05) is 42.5 Å². The minimum Gasteiger partial charge on any atom is -0.494 e. The molecule has 0 amide bonds. The minimum atomic E-state index is 0.627. The maximum Gasteiger partial charge on any atom is 0.191 e. The van der Waals surface area contributed by atoms with E-state index in [0.717, 1.165) is 17.3 Å². The zero-order valence-corrected chi connectivity index (χ0v) is 15.9. The molecule has 5 heteroatoms. The summed E-state index contributed by atoms with van der Waals surface area (Å²) in [7, 11) is 1.77. The monoisotopic (exact) mass is 355 g/mol. The molecule has 0 aromatic heterocycles. The number of rotatable bonds is 9. The van der Waals surface area contributed by atoms with Gasteiger partial charge in [-0.25, -0.2) is 0 Å². The third kappa shape index (κ3) is 6.08. The van der Waals surface area contributed by atoms with Gasteiger partial charge in [-0.15, -0.1) is 0 Å². The maximum absolute atomic E-state index is 5.67. The minimum absolute atomic E-state index is 0.627. The van der Waals surface area contributed by atoms with Crippen molar-refractivity contribution in [1.29, 1.82) is 0 Å². The molecule has 26 heavy (non-hydrogen) atoms. The molecule has 0 fully saturated rings. The van der Waals surface area contributed by atoms with E-state index in [2.05, 4.69) is 33.8 Å². The van der Waals surface area contributed by atoms with Crippen LogP contribution in [-0.2, 0) is 24.4 Å². The van der Waals surface area contributed by atoms with Gasteiger partial charge in [0.05, 0.1) is 13.2 Å². The fourth-order valence-electron chi connectivity index (χ4n) is 2.61. The number of aliphatic imine (C=N–C) groups is 1. The Bertz CT molecular complexity index is 701. The second-order valence-electron chi connectivity index (χ2n) is 5.73. The fourth-order valence-corrected chi connectivity index (χ4v) is 2.61. The van der Waals surface area contributed by atoms with Gasteiger partial charge in [0.15, 0.2) is 5.96 Å². The zero-order chi connectivity index (χ0) is 18.6. The first-order chi connectivity index (χ1) is 12.8. The Labute approximate surface area is 156 Å². The average Bonchev–Trinajstić information content (AvgIpc) is 2.68. The summed E-state index contributed by atoms with van der Waals surface area (Å²) in [5, 5.41) is 6.71. The van der Waals surface area contributed by atoms with Gasteiger partial charge in [-0.3, -0.25) is 4.99 Å². The zero-order valence-electron chi connectivity index (χ0n) is 15.9. The Morgan fingerprint density at radius 1 is 0.846 bits per heavy atom. The summed E-state index contributed by atoms with van der Waals surface area (Å²) in [6.45, 7) is 7.33. The Hall–Kier alpha value is -2.53. The second kappa shape index (κ2) is 11.2. The van der Waals surface area contributed by atoms with Gasteiger partial charge < -0.3 is 20.1 Å². The largest absolute Gasteiger partial charge is 0.494 e. The molecule has 5 nitrogen and oxygen atoms in total. The molecule has 0 aliphatic heterocycles. The number of ether oxygens (including phenoxy) is 2. The highest BCUT2D eigenvalue weighted by Gasteiger charge is 2.06. The normalized spacial score (nSPS) is 11.3. The van der Waals surface area contributed by atoms with Crippen molar-refractivity contribution in [3.8, 4) is 5.75 Å². The molecule has 0 saturated heterocycles. The van der Waals surface area contributed by atoms with E-state index < -0.39 is 0 Å². The molecule has 2 N–H and O–H groups in total. The molecule has 0 bridgehead atoms. The number of benzene rings is 2. The van der Waals surface area contributed by atoms with Crippen LogP contribution in [-0.4, -0.2) is 26.2 Å². The van der Waals surface area contributed by atoms with Crippen LogP contribution in [0.5, 0.6) is 5.75 Å². The number of nitrogens with zero attached hydrogens (tertiary/aromatic N) is 1. The molecule has 0 aliphatic carbocycles. The topological polar surface area (TPSA) is 54.9 Å². The maximum atomic E-state index is 5.67. The van der Waals surface area contributed by atoms with Crippen molar-refractivity contribution >= 4 is 5.96 Å². The van der Waals surface area contributed by atoms with Crippen LogP contribution >= 0.6 is 0 Å². The van der Waals surface area contributed by atoms with Crippen molar-refractivity contribution in [2.45, 2.75) is 33.5 Å². The third-order valence-corrected chi connectivity index (χ3v) is 3.97. The number of nitrogens with one attached hydrogen (secondary N) is 2. The molecule has 0 heterocycles. The summed E-state index contributed by atoms with van der Waals surface area (Å²) in [6.07, 6.45) is 0. The number of hydrogen-bond acceptors (Lipinski definition) is 3. The smallest absolute Gasteiger partial charge is 0.191 e. The summed E-state index contributed by atoms with van der Waals surface area (Å²) >= 11 is 0. The van der Waals surface area contributed by atoms with E-state index in [1.807, 2.05) is 44.2 Å². The summed E-state index contributed by atoms with van der Waals surface area (Å²) in [5.41, 5.74) is 3.51. The van der Waals surface area contributed by atoms with E-state index in [4.69, 9.17) is 9.47 Å². The van der Waals surface area contributed by atoms with Crippen molar-refractivity contribution in [3.63, 3.8) is 0 Å². The number of para-hydroxylation sites is 1. The highest BCUT2D eigenvalue weighted by atomic mass is 16.5. The van der Waals surface area contributed by atoms with Crippen molar-refractivity contribution in [1.82, 2.24) is 10.6 Å². The molecular weight excluding hydrogens is 326 g/mol. The first-order valence-corrected chi connectivity index (χ1v) is 9.08. The van der Waals surface area contributed by atoms with E-state index in [-0.39, 0.29) is 0 Å². The first-order valence-electron chi connectivity index (χ1n) is 9.08. The Morgan fingerprint density at radius 2 is 1.46 bits per heavy atom. The molecule has 0 atom stereocenters. The standard InChI is InChI=1S/C21H29N3O2/c1-4-25-16-19-12-7-6-10-17(19)14-23-21(22-3)24-15-18-11-8-9-13-20(18)26-5-2/h6-13H,4-5,14-16H2,1-3H3,(H2,22,23,24). The molecule has 0 aliphatic rings. The molecule has 140 valence electrons. The van der Waals surface area contributed by atoms with Crippen molar-refractivity contribution < 1.29 is 9.47 Å². The van der Waals surface area contributed by atoms with Crippen LogP contribution < -0.4 is 15.4 Å². The van der Waals surface area contributed by atoms with Crippen LogP contribution in [0.1, 0.15) is 30.5 Å². The van der Waals surface area contributed by atoms with E-state index in [0.29, 0.717) is 32.9 Å². The van der Waals surface area contributed by atoms with Crippen LogP contribution in [0.25, 0.3) is 0 Å². The molecule has 0 saturated carbocycles. The lowest BCUT2D eigenvalue weighted by Crippen LogP contribution is -2.36. The molecule has 0 spiro atoms. The molecule has 0 unspecified atom stereocenters. The molecule has 2 aromatic rings. The van der Waals surface area contributed by atoms with Gasteiger partial charge in [-0.2, -0.15) is 0 Å². The predicted molar refractivity (Wildman–Crippen MR) is 106 cm³/mol. The molecular formula is C21H29N3O2. The van der Waals surface area contributed by atoms with E-state index in [1.165, 1.54) is 11.1 Å². The lowest BCUT2D eigenvalue weighted by molar-refractivity contribution is 0.133. The van der Waals surface area contributed by atoms with Crippen LogP contribution in [0.15, 0.2) is 53.5 Å². The van der Waals surface area contributed by atoms with Crippen LogP contribution in [0.2, 0.25) is 0 Å². The highest BCUT2D eigenvalue weighted by Crippen LogP contribution is 2.17. The van der Waals surface area contributed by atoms with Gasteiger partial charge in [0.1, 0.15) is 5.75 Å². The summed E-state index contributed by atoms with van der Waals surface area (Å²) in [6, 6.07) is 16.3. The average molecular weight is 355 g/mol. The SMILES string of the molecule is CCOCc1ccccc1CNC(=NC)NCc1ccccc1OCC. The van der Waals surface area contributed by atoms with Crippen molar-refractivity contribution in [2.75, 3.05) is 20.3 Å². The molecule has 2 aromatic carbocycles. The van der Waals surface area contributed by atoms with Gasteiger partial charge in [0.2, 0.25) is 0 Å². The van der Waals surface area contributed by atoms with Crippen LogP contribution in [0.3, 0.4) is 0 Å². The van der Waals surface area contributed by atoms with Gasteiger partial charge in [-0.05, 0) is 31.0 Å². The van der Waals surface area contributed by atoms with E-state index >= 15 is 0 Å². The summed E-state index contributed by atoms with van der Waals surface area (Å²) in [5.74, 6) is 1.66. The van der Waals surface area contributed by atoms with Gasteiger partial charge in [0.25, 0.3) is 0 Å². The van der Waals surface area contributed by atoms with Gasteiger partial charge >= 0.3 is 0 Å². The first kappa shape index (κ1) is 19.8. The Kier molecular flexibility index (Phi) is 8.49. The Morgan fingerprint density at radius 3 is 2.12 bits per heavy atom. The van der Waals surface area contributed by atoms with Gasteiger partial charge in [0, 0.05) is 32.3 Å². The van der Waals surface area contributed by atoms with E-state index in [9.17, 15) is 0 Å². The third-order valence-electron chi connectivity index (χ3n) is 3.97. The summed E-state index contributed by atoms with van der Waals surface area (Å²) < 4.78 is 11.2. The fraction of sp³-hybridized carbons (Fsp3) is 0.381.